The zero-order chi connectivity index (χ0) is 17.9. The van der Waals surface area contributed by atoms with Crippen molar-refractivity contribution in [3.05, 3.63) is 23.9 Å². The SMILES string of the molecule is CN=C(NCCCOCC(C)C)NCc1ccnc(OCC2CC2)c1.I. The zero-order valence-corrected chi connectivity index (χ0v) is 18.5. The number of nitrogens with zero attached hydrogens (tertiary/aromatic N) is 2. The van der Waals surface area contributed by atoms with E-state index in [0.29, 0.717) is 18.3 Å². The molecule has 6 nitrogen and oxygen atoms in total. The van der Waals surface area contributed by atoms with Crippen molar-refractivity contribution in [1.82, 2.24) is 15.6 Å². The van der Waals surface area contributed by atoms with Gasteiger partial charge in [-0.2, -0.15) is 0 Å². The van der Waals surface area contributed by atoms with E-state index in [1.807, 2.05) is 12.1 Å². The second-order valence-electron chi connectivity index (χ2n) is 6.93. The highest BCUT2D eigenvalue weighted by Crippen LogP contribution is 2.29. The van der Waals surface area contributed by atoms with Crippen LogP contribution in [0.3, 0.4) is 0 Å². The van der Waals surface area contributed by atoms with Crippen LogP contribution in [0, 0.1) is 11.8 Å². The number of pyridine rings is 1. The molecule has 1 aliphatic rings. The first-order valence-corrected chi connectivity index (χ1v) is 9.27. The van der Waals surface area contributed by atoms with Crippen LogP contribution in [-0.2, 0) is 11.3 Å². The molecule has 148 valence electrons. The summed E-state index contributed by atoms with van der Waals surface area (Å²) in [6.45, 7) is 8.22. The van der Waals surface area contributed by atoms with Gasteiger partial charge < -0.3 is 20.1 Å². The number of nitrogens with one attached hydrogen (secondary N) is 2. The molecule has 1 aromatic heterocycles. The van der Waals surface area contributed by atoms with Gasteiger partial charge in [0, 0.05) is 45.6 Å². The maximum absolute atomic E-state index is 5.72. The first-order valence-electron chi connectivity index (χ1n) is 9.27. The van der Waals surface area contributed by atoms with Gasteiger partial charge in [-0.05, 0) is 42.7 Å². The van der Waals surface area contributed by atoms with Gasteiger partial charge in [0.2, 0.25) is 5.88 Å². The summed E-state index contributed by atoms with van der Waals surface area (Å²) >= 11 is 0. The molecule has 1 aliphatic carbocycles. The molecule has 1 heterocycles. The summed E-state index contributed by atoms with van der Waals surface area (Å²) in [7, 11) is 1.78. The summed E-state index contributed by atoms with van der Waals surface area (Å²) in [4.78, 5) is 8.51. The Kier molecular flexibility index (Phi) is 11.6. The first-order chi connectivity index (χ1) is 12.2. The second kappa shape index (κ2) is 13.1. The average molecular weight is 476 g/mol. The van der Waals surface area contributed by atoms with E-state index in [9.17, 15) is 0 Å². The number of hydrogen-bond acceptors (Lipinski definition) is 4. The first kappa shape index (κ1) is 23.0. The van der Waals surface area contributed by atoms with Crippen molar-refractivity contribution in [1.29, 1.82) is 0 Å². The quantitative estimate of drug-likeness (QED) is 0.222. The van der Waals surface area contributed by atoms with Crippen LogP contribution < -0.4 is 15.4 Å². The molecular formula is C19H33IN4O2. The van der Waals surface area contributed by atoms with Gasteiger partial charge in [-0.15, -0.1) is 24.0 Å². The Labute approximate surface area is 174 Å². The summed E-state index contributed by atoms with van der Waals surface area (Å²) in [5.41, 5.74) is 1.13. The minimum atomic E-state index is 0. The highest BCUT2D eigenvalue weighted by atomic mass is 127. The molecule has 1 saturated carbocycles. The number of aromatic nitrogens is 1. The van der Waals surface area contributed by atoms with Crippen LogP contribution in [0.5, 0.6) is 5.88 Å². The van der Waals surface area contributed by atoms with Crippen LogP contribution in [0.15, 0.2) is 23.3 Å². The number of aliphatic imine (C=N–C) groups is 1. The van der Waals surface area contributed by atoms with Gasteiger partial charge in [0.15, 0.2) is 5.96 Å². The van der Waals surface area contributed by atoms with E-state index in [1.165, 1.54) is 12.8 Å². The molecule has 0 bridgehead atoms. The van der Waals surface area contributed by atoms with Gasteiger partial charge in [0.1, 0.15) is 0 Å². The molecule has 7 heteroatoms. The van der Waals surface area contributed by atoms with Crippen LogP contribution in [0.1, 0.15) is 38.7 Å². The van der Waals surface area contributed by atoms with Crippen LogP contribution in [-0.4, -0.2) is 44.4 Å². The van der Waals surface area contributed by atoms with Crippen molar-refractivity contribution in [2.75, 3.05) is 33.4 Å². The van der Waals surface area contributed by atoms with E-state index in [2.05, 4.69) is 34.5 Å². The third kappa shape index (κ3) is 10.2. The van der Waals surface area contributed by atoms with Gasteiger partial charge >= 0.3 is 0 Å². The molecule has 0 atom stereocenters. The fourth-order valence-electron chi connectivity index (χ4n) is 2.23. The van der Waals surface area contributed by atoms with Crippen LogP contribution in [0.2, 0.25) is 0 Å². The van der Waals surface area contributed by atoms with E-state index >= 15 is 0 Å². The minimum Gasteiger partial charge on any atom is -0.477 e. The molecule has 0 unspecified atom stereocenters. The average Bonchev–Trinajstić information content (AvgIpc) is 3.43. The molecule has 2 N–H and O–H groups in total. The normalized spacial score (nSPS) is 14.1. The molecular weight excluding hydrogens is 443 g/mol. The molecule has 2 rings (SSSR count). The monoisotopic (exact) mass is 476 g/mol. The lowest BCUT2D eigenvalue weighted by Gasteiger charge is -2.13. The topological polar surface area (TPSA) is 67.8 Å². The van der Waals surface area contributed by atoms with E-state index in [0.717, 1.165) is 50.2 Å². The number of rotatable bonds is 11. The molecule has 0 amide bonds. The van der Waals surface area contributed by atoms with Crippen molar-refractivity contribution in [3.63, 3.8) is 0 Å². The summed E-state index contributed by atoms with van der Waals surface area (Å²) in [6.07, 6.45) is 5.32. The lowest BCUT2D eigenvalue weighted by atomic mass is 10.2. The number of halogens is 1. The van der Waals surface area contributed by atoms with Gasteiger partial charge in [-0.25, -0.2) is 4.98 Å². The summed E-state index contributed by atoms with van der Waals surface area (Å²) < 4.78 is 11.3. The summed E-state index contributed by atoms with van der Waals surface area (Å²) in [5.74, 6) is 2.81. The van der Waals surface area contributed by atoms with E-state index in [4.69, 9.17) is 9.47 Å². The zero-order valence-electron chi connectivity index (χ0n) is 16.2. The van der Waals surface area contributed by atoms with Crippen molar-refractivity contribution in [3.8, 4) is 5.88 Å². The third-order valence-corrected chi connectivity index (χ3v) is 3.86. The molecule has 0 aromatic carbocycles. The highest BCUT2D eigenvalue weighted by Gasteiger charge is 2.22. The molecule has 1 aromatic rings. The van der Waals surface area contributed by atoms with E-state index in [1.54, 1.807) is 13.2 Å². The summed E-state index contributed by atoms with van der Waals surface area (Å²) in [5, 5.41) is 6.62. The van der Waals surface area contributed by atoms with Gasteiger partial charge in [-0.1, -0.05) is 13.8 Å². The fraction of sp³-hybridized carbons (Fsp3) is 0.684. The Balaban J connectivity index is 0.00000338. The third-order valence-electron chi connectivity index (χ3n) is 3.86. The predicted molar refractivity (Wildman–Crippen MR) is 116 cm³/mol. The van der Waals surface area contributed by atoms with Crippen molar-refractivity contribution in [2.45, 2.75) is 39.7 Å². The predicted octanol–water partition coefficient (Wildman–Crippen LogP) is 3.22. The van der Waals surface area contributed by atoms with Crippen molar-refractivity contribution >= 4 is 29.9 Å². The Morgan fingerprint density at radius 2 is 2.15 bits per heavy atom. The van der Waals surface area contributed by atoms with Crippen molar-refractivity contribution < 1.29 is 9.47 Å². The second-order valence-corrected chi connectivity index (χ2v) is 6.93. The molecule has 0 spiro atoms. The number of hydrogen-bond donors (Lipinski definition) is 2. The van der Waals surface area contributed by atoms with Gasteiger partial charge in [0.05, 0.1) is 6.61 Å². The summed E-state index contributed by atoms with van der Waals surface area (Å²) in [6, 6.07) is 3.98. The van der Waals surface area contributed by atoms with E-state index in [-0.39, 0.29) is 24.0 Å². The largest absolute Gasteiger partial charge is 0.477 e. The van der Waals surface area contributed by atoms with E-state index < -0.39 is 0 Å². The molecule has 0 radical (unpaired) electrons. The fourth-order valence-corrected chi connectivity index (χ4v) is 2.23. The molecule has 26 heavy (non-hydrogen) atoms. The highest BCUT2D eigenvalue weighted by molar-refractivity contribution is 14.0. The van der Waals surface area contributed by atoms with Crippen LogP contribution in [0.25, 0.3) is 0 Å². The Morgan fingerprint density at radius 3 is 2.85 bits per heavy atom. The lowest BCUT2D eigenvalue weighted by Crippen LogP contribution is -2.37. The smallest absolute Gasteiger partial charge is 0.213 e. The number of guanidine groups is 1. The molecule has 0 aliphatic heterocycles. The lowest BCUT2D eigenvalue weighted by molar-refractivity contribution is 0.108. The van der Waals surface area contributed by atoms with Gasteiger partial charge in [-0.3, -0.25) is 4.99 Å². The Morgan fingerprint density at radius 1 is 1.35 bits per heavy atom. The Bertz CT molecular complexity index is 536. The van der Waals surface area contributed by atoms with Crippen LogP contribution >= 0.6 is 24.0 Å². The number of ether oxygens (including phenoxy) is 2. The molecule has 1 fully saturated rings. The Hall–Kier alpha value is -1.09. The van der Waals surface area contributed by atoms with Crippen molar-refractivity contribution in [2.24, 2.45) is 16.8 Å². The maximum Gasteiger partial charge on any atom is 0.213 e. The molecule has 0 saturated heterocycles. The standard InChI is InChI=1S/C19H32N4O2.HI/c1-15(2)13-24-10-4-8-22-19(20-3)23-12-17-7-9-21-18(11-17)25-14-16-5-6-16;/h7,9,11,15-16H,4-6,8,10,12-14H2,1-3H3,(H2,20,22,23);1H. The van der Waals surface area contributed by atoms with Gasteiger partial charge in [0.25, 0.3) is 0 Å². The maximum atomic E-state index is 5.72. The minimum absolute atomic E-state index is 0. The van der Waals surface area contributed by atoms with Crippen LogP contribution in [0.4, 0.5) is 0 Å².